The van der Waals surface area contributed by atoms with Crippen LogP contribution in [0.15, 0.2) is 66.8 Å². The van der Waals surface area contributed by atoms with E-state index in [0.717, 1.165) is 33.9 Å². The summed E-state index contributed by atoms with van der Waals surface area (Å²) in [6, 6.07) is 13.8. The molecule has 2 aromatic carbocycles. The number of likely N-dealkylation sites (tertiary alicyclic amines) is 1. The van der Waals surface area contributed by atoms with Crippen LogP contribution in [0.2, 0.25) is 0 Å². The van der Waals surface area contributed by atoms with Crippen molar-refractivity contribution in [1.82, 2.24) is 14.5 Å². The number of carbonyl (C=O) groups excluding carboxylic acids is 1. The van der Waals surface area contributed by atoms with Gasteiger partial charge in [-0.2, -0.15) is 0 Å². The number of hydrogen-bond donors (Lipinski definition) is 1. The molecule has 1 saturated heterocycles. The van der Waals surface area contributed by atoms with Gasteiger partial charge < -0.3 is 9.52 Å². The van der Waals surface area contributed by atoms with Gasteiger partial charge in [0.2, 0.25) is 5.88 Å². The van der Waals surface area contributed by atoms with E-state index in [9.17, 15) is 9.90 Å². The Bertz CT molecular complexity index is 1540. The van der Waals surface area contributed by atoms with Crippen LogP contribution in [0.25, 0.3) is 22.0 Å². The molecule has 1 aliphatic heterocycles. The quantitative estimate of drug-likeness (QED) is 0.183. The molecule has 1 aliphatic carbocycles. The third-order valence-corrected chi connectivity index (χ3v) is 8.98. The van der Waals surface area contributed by atoms with Crippen LogP contribution < -0.4 is 0 Å². The third-order valence-electron chi connectivity index (χ3n) is 7.67. The second-order valence-electron chi connectivity index (χ2n) is 11.7. The summed E-state index contributed by atoms with van der Waals surface area (Å²) in [7, 11) is 0. The van der Waals surface area contributed by atoms with Gasteiger partial charge in [-0.05, 0) is 60.4 Å². The molecule has 4 aromatic rings. The van der Waals surface area contributed by atoms with E-state index in [0.29, 0.717) is 34.6 Å². The molecule has 1 saturated carbocycles. The Morgan fingerprint density at radius 3 is 2.87 bits per heavy atom. The number of rotatable bonds is 6. The number of thioether (sulfide) groups is 1. The summed E-state index contributed by atoms with van der Waals surface area (Å²) in [4.78, 5) is 19.4. The molecule has 198 valence electrons. The molecule has 6 rings (SSSR count). The van der Waals surface area contributed by atoms with Crippen LogP contribution in [-0.4, -0.2) is 43.8 Å². The standard InChI is InChI=1S/C28H30BrN5O3S/c1-27(2)11-18-12-28(3,14-27)15-33(18)16-34-21-9-8-17(29)10-19(21)24(25(34)36)32-31-23(35)13-38-26-30-20-6-4-5-7-22(20)37-26/h4-10,18,36H,11-16H2,1-3H3. The number of azo groups is 1. The van der Waals surface area contributed by atoms with Crippen molar-refractivity contribution in [3.8, 4) is 5.88 Å². The lowest BCUT2D eigenvalue weighted by molar-refractivity contribution is -0.115. The molecule has 2 aliphatic rings. The average molecular weight is 597 g/mol. The highest BCUT2D eigenvalue weighted by molar-refractivity contribution is 9.10. The zero-order chi connectivity index (χ0) is 26.7. The number of oxazole rings is 1. The first-order valence-corrected chi connectivity index (χ1v) is 14.5. The molecule has 2 fully saturated rings. The van der Waals surface area contributed by atoms with Crippen molar-refractivity contribution in [3.63, 3.8) is 0 Å². The number of benzene rings is 2. The molecule has 38 heavy (non-hydrogen) atoms. The van der Waals surface area contributed by atoms with Gasteiger partial charge in [-0.15, -0.1) is 10.2 Å². The van der Waals surface area contributed by atoms with Crippen molar-refractivity contribution in [2.24, 2.45) is 21.1 Å². The molecule has 10 heteroatoms. The van der Waals surface area contributed by atoms with Crippen molar-refractivity contribution in [3.05, 3.63) is 46.9 Å². The Labute approximate surface area is 233 Å². The molecule has 2 aromatic heterocycles. The van der Waals surface area contributed by atoms with E-state index in [1.54, 1.807) is 0 Å². The van der Waals surface area contributed by atoms with Gasteiger partial charge in [0.25, 0.3) is 11.1 Å². The van der Waals surface area contributed by atoms with E-state index in [-0.39, 0.29) is 17.0 Å². The Morgan fingerprint density at radius 2 is 2.05 bits per heavy atom. The molecular weight excluding hydrogens is 566 g/mol. The van der Waals surface area contributed by atoms with Gasteiger partial charge in [0.15, 0.2) is 11.3 Å². The van der Waals surface area contributed by atoms with Crippen molar-refractivity contribution in [2.45, 2.75) is 58.0 Å². The first kappa shape index (κ1) is 25.6. The van der Waals surface area contributed by atoms with E-state index in [2.05, 4.69) is 56.8 Å². The van der Waals surface area contributed by atoms with E-state index in [1.165, 1.54) is 24.6 Å². The largest absolute Gasteiger partial charge is 0.493 e. The van der Waals surface area contributed by atoms with Crippen LogP contribution >= 0.6 is 27.7 Å². The number of aromatic hydroxyl groups is 1. The zero-order valence-electron chi connectivity index (χ0n) is 21.6. The maximum absolute atomic E-state index is 12.6. The maximum atomic E-state index is 12.6. The van der Waals surface area contributed by atoms with E-state index >= 15 is 0 Å². The fourth-order valence-electron chi connectivity index (χ4n) is 6.63. The zero-order valence-corrected chi connectivity index (χ0v) is 24.0. The van der Waals surface area contributed by atoms with Crippen molar-refractivity contribution >= 4 is 61.3 Å². The fourth-order valence-corrected chi connectivity index (χ4v) is 7.61. The van der Waals surface area contributed by atoms with Gasteiger partial charge in [0.05, 0.1) is 17.9 Å². The van der Waals surface area contributed by atoms with Crippen molar-refractivity contribution in [1.29, 1.82) is 0 Å². The lowest BCUT2D eigenvalue weighted by Gasteiger charge is -2.40. The monoisotopic (exact) mass is 595 g/mol. The van der Waals surface area contributed by atoms with E-state index in [1.807, 2.05) is 47.0 Å². The number of para-hydroxylation sites is 2. The van der Waals surface area contributed by atoms with Crippen LogP contribution in [0, 0.1) is 10.8 Å². The van der Waals surface area contributed by atoms with Crippen LogP contribution in [0.1, 0.15) is 40.0 Å². The molecule has 1 amide bonds. The van der Waals surface area contributed by atoms with Crippen LogP contribution in [0.4, 0.5) is 5.69 Å². The number of hydrogen-bond acceptors (Lipinski definition) is 7. The maximum Gasteiger partial charge on any atom is 0.275 e. The van der Waals surface area contributed by atoms with Gasteiger partial charge in [0.1, 0.15) is 5.52 Å². The van der Waals surface area contributed by atoms with Crippen molar-refractivity contribution < 1.29 is 14.3 Å². The first-order chi connectivity index (χ1) is 18.1. The van der Waals surface area contributed by atoms with Gasteiger partial charge in [-0.3, -0.25) is 14.3 Å². The topological polar surface area (TPSA) is 96.2 Å². The Balaban J connectivity index is 1.23. The fraction of sp³-hybridized carbons (Fsp3) is 0.429. The molecule has 3 heterocycles. The molecular formula is C28H30BrN5O3S. The van der Waals surface area contributed by atoms with Crippen molar-refractivity contribution in [2.75, 3.05) is 12.3 Å². The number of amides is 1. The highest BCUT2D eigenvalue weighted by Gasteiger charge is 2.49. The van der Waals surface area contributed by atoms with Gasteiger partial charge in [-0.1, -0.05) is 60.6 Å². The predicted molar refractivity (Wildman–Crippen MR) is 152 cm³/mol. The lowest BCUT2D eigenvalue weighted by Crippen LogP contribution is -2.35. The molecule has 2 unspecified atom stereocenters. The van der Waals surface area contributed by atoms with Crippen LogP contribution in [-0.2, 0) is 11.5 Å². The molecule has 0 spiro atoms. The summed E-state index contributed by atoms with van der Waals surface area (Å²) in [5.74, 6) is -0.383. The Kier molecular flexibility index (Phi) is 6.39. The summed E-state index contributed by atoms with van der Waals surface area (Å²) < 4.78 is 8.42. The minimum atomic E-state index is -0.434. The number of nitrogens with zero attached hydrogens (tertiary/aromatic N) is 5. The Morgan fingerprint density at radius 1 is 1.24 bits per heavy atom. The highest BCUT2D eigenvalue weighted by atomic mass is 79.9. The number of fused-ring (bicyclic) bond motifs is 4. The second kappa shape index (κ2) is 9.50. The molecule has 1 N–H and O–H groups in total. The first-order valence-electron chi connectivity index (χ1n) is 12.8. The normalized spacial score (nSPS) is 23.2. The Hall–Kier alpha value is -2.69. The van der Waals surface area contributed by atoms with Gasteiger partial charge in [-0.25, -0.2) is 4.98 Å². The number of carbonyl (C=O) groups is 1. The summed E-state index contributed by atoms with van der Waals surface area (Å²) in [6.45, 7) is 8.67. The summed E-state index contributed by atoms with van der Waals surface area (Å²) in [5, 5.41) is 20.6. The van der Waals surface area contributed by atoms with Gasteiger partial charge in [0, 0.05) is 22.4 Å². The SMILES string of the molecule is CC1(C)CC2CC(C)(CN2Cn2c(O)c(N=NC(=O)CSc3nc4ccccc4o3)c3cc(Br)ccc32)C1. The number of aromatic nitrogens is 2. The predicted octanol–water partition coefficient (Wildman–Crippen LogP) is 7.51. The van der Waals surface area contributed by atoms with Gasteiger partial charge >= 0.3 is 0 Å². The minimum absolute atomic E-state index is 0.0205. The number of halogens is 1. The smallest absolute Gasteiger partial charge is 0.275 e. The molecule has 8 nitrogen and oxygen atoms in total. The van der Waals surface area contributed by atoms with Crippen LogP contribution in [0.5, 0.6) is 5.88 Å². The third kappa shape index (κ3) is 4.89. The van der Waals surface area contributed by atoms with E-state index < -0.39 is 5.91 Å². The summed E-state index contributed by atoms with van der Waals surface area (Å²) in [6.07, 6.45) is 3.54. The molecule has 2 atom stereocenters. The molecule has 0 radical (unpaired) electrons. The minimum Gasteiger partial charge on any atom is -0.493 e. The lowest BCUT2D eigenvalue weighted by atomic mass is 9.65. The van der Waals surface area contributed by atoms with E-state index in [4.69, 9.17) is 4.42 Å². The summed E-state index contributed by atoms with van der Waals surface area (Å²) in [5.41, 5.74) is 3.18. The summed E-state index contributed by atoms with van der Waals surface area (Å²) >= 11 is 4.70. The average Bonchev–Trinajstić information content (AvgIpc) is 3.45. The molecule has 2 bridgehead atoms. The van der Waals surface area contributed by atoms with Crippen LogP contribution in [0.3, 0.4) is 0 Å². The second-order valence-corrected chi connectivity index (χ2v) is 13.5. The highest BCUT2D eigenvalue weighted by Crippen LogP contribution is 2.53.